The van der Waals surface area contributed by atoms with Crippen LogP contribution in [0.3, 0.4) is 0 Å². The van der Waals surface area contributed by atoms with Gasteiger partial charge < -0.3 is 9.64 Å². The van der Waals surface area contributed by atoms with Gasteiger partial charge in [0, 0.05) is 13.1 Å². The van der Waals surface area contributed by atoms with Crippen LogP contribution >= 0.6 is 0 Å². The van der Waals surface area contributed by atoms with Crippen molar-refractivity contribution in [1.82, 2.24) is 4.90 Å². The van der Waals surface area contributed by atoms with Crippen LogP contribution in [0.1, 0.15) is 43.7 Å². The third kappa shape index (κ3) is 4.12. The zero-order valence-corrected chi connectivity index (χ0v) is 14.5. The number of benzene rings is 1. The molecule has 1 aliphatic heterocycles. The van der Waals surface area contributed by atoms with Crippen molar-refractivity contribution in [3.63, 3.8) is 0 Å². The second kappa shape index (κ2) is 7.62. The summed E-state index contributed by atoms with van der Waals surface area (Å²) in [4.78, 5) is 26.7. The van der Waals surface area contributed by atoms with Gasteiger partial charge in [-0.1, -0.05) is 43.7 Å². The van der Waals surface area contributed by atoms with Crippen LogP contribution < -0.4 is 0 Å². The van der Waals surface area contributed by atoms with E-state index in [4.69, 9.17) is 4.74 Å². The maximum atomic E-state index is 13.1. The van der Waals surface area contributed by atoms with E-state index in [9.17, 15) is 9.59 Å². The fourth-order valence-corrected chi connectivity index (χ4v) is 3.32. The van der Waals surface area contributed by atoms with Crippen molar-refractivity contribution < 1.29 is 14.3 Å². The summed E-state index contributed by atoms with van der Waals surface area (Å²) in [5, 5.41) is 0. The van der Waals surface area contributed by atoms with E-state index in [1.807, 2.05) is 36.1 Å². The van der Waals surface area contributed by atoms with E-state index >= 15 is 0 Å². The molecule has 1 aromatic rings. The molecule has 0 aromatic heterocycles. The summed E-state index contributed by atoms with van der Waals surface area (Å²) in [5.74, 6) is -0.226. The second-order valence-corrected chi connectivity index (χ2v) is 6.78. The zero-order valence-electron chi connectivity index (χ0n) is 14.5. The van der Waals surface area contributed by atoms with Crippen LogP contribution in [0.15, 0.2) is 24.3 Å². The number of amides is 1. The van der Waals surface area contributed by atoms with E-state index in [1.54, 1.807) is 0 Å². The number of rotatable bonds is 4. The van der Waals surface area contributed by atoms with Crippen molar-refractivity contribution in [1.29, 1.82) is 0 Å². The van der Waals surface area contributed by atoms with Crippen molar-refractivity contribution in [3.8, 4) is 0 Å². The molecule has 0 radical (unpaired) electrons. The molecule has 1 aliphatic rings. The van der Waals surface area contributed by atoms with Gasteiger partial charge in [0.25, 0.3) is 0 Å². The van der Waals surface area contributed by atoms with Gasteiger partial charge in [0.1, 0.15) is 0 Å². The summed E-state index contributed by atoms with van der Waals surface area (Å²) >= 11 is 0. The molecule has 0 spiro atoms. The number of methoxy groups -OCH3 is 1. The number of esters is 1. The minimum absolute atomic E-state index is 0.123. The molecule has 0 bridgehead atoms. The van der Waals surface area contributed by atoms with Gasteiger partial charge in [-0.2, -0.15) is 0 Å². The van der Waals surface area contributed by atoms with Crippen LogP contribution in [0.25, 0.3) is 0 Å². The molecule has 1 aromatic carbocycles. The summed E-state index contributed by atoms with van der Waals surface area (Å²) in [6.07, 6.45) is 1.65. The van der Waals surface area contributed by atoms with Gasteiger partial charge in [0.05, 0.1) is 18.9 Å². The molecule has 4 nitrogen and oxygen atoms in total. The predicted molar refractivity (Wildman–Crippen MR) is 90.1 cm³/mol. The number of hydrogen-bond acceptors (Lipinski definition) is 3. The fraction of sp³-hybridized carbons (Fsp3) is 0.579. The Hall–Kier alpha value is -1.84. The Labute approximate surface area is 138 Å². The van der Waals surface area contributed by atoms with Gasteiger partial charge >= 0.3 is 5.97 Å². The van der Waals surface area contributed by atoms with Gasteiger partial charge in [-0.25, -0.2) is 0 Å². The molecule has 2 rings (SSSR count). The molecule has 4 heteroatoms. The Kier molecular flexibility index (Phi) is 5.80. The summed E-state index contributed by atoms with van der Waals surface area (Å²) in [5.41, 5.74) is 2.24. The van der Waals surface area contributed by atoms with Gasteiger partial charge in [-0.15, -0.1) is 0 Å². The molecular formula is C19H27NO3. The molecule has 126 valence electrons. The fourth-order valence-electron chi connectivity index (χ4n) is 3.32. The molecule has 2 unspecified atom stereocenters. The van der Waals surface area contributed by atoms with Crippen LogP contribution in [0.4, 0.5) is 0 Å². The first-order chi connectivity index (χ1) is 10.9. The Morgan fingerprint density at radius 1 is 1.22 bits per heavy atom. The van der Waals surface area contributed by atoms with Gasteiger partial charge in [0.2, 0.25) is 5.91 Å². The van der Waals surface area contributed by atoms with Crippen LogP contribution in [0.5, 0.6) is 0 Å². The van der Waals surface area contributed by atoms with Crippen molar-refractivity contribution >= 4 is 11.9 Å². The van der Waals surface area contributed by atoms with Crippen molar-refractivity contribution in [2.75, 3.05) is 20.2 Å². The Bertz CT molecular complexity index is 550. The number of carbonyl (C=O) groups is 2. The minimum Gasteiger partial charge on any atom is -0.469 e. The first-order valence-electron chi connectivity index (χ1n) is 8.37. The van der Waals surface area contributed by atoms with Crippen molar-refractivity contribution in [2.45, 2.75) is 39.5 Å². The smallest absolute Gasteiger partial charge is 0.310 e. The van der Waals surface area contributed by atoms with E-state index in [1.165, 1.54) is 12.7 Å². The number of aryl methyl sites for hydroxylation is 1. The topological polar surface area (TPSA) is 46.6 Å². The van der Waals surface area contributed by atoms with Crippen LogP contribution in [-0.4, -0.2) is 37.0 Å². The lowest BCUT2D eigenvalue weighted by atomic mass is 9.85. The number of likely N-dealkylation sites (tertiary alicyclic amines) is 1. The summed E-state index contributed by atoms with van der Waals surface area (Å²) in [6, 6.07) is 8.18. The van der Waals surface area contributed by atoms with Crippen LogP contribution in [-0.2, 0) is 14.3 Å². The molecule has 1 fully saturated rings. The zero-order chi connectivity index (χ0) is 17.0. The van der Waals surface area contributed by atoms with Gasteiger partial charge in [0.15, 0.2) is 0 Å². The second-order valence-electron chi connectivity index (χ2n) is 6.78. The highest BCUT2D eigenvalue weighted by Crippen LogP contribution is 2.29. The SMILES string of the molecule is COC(=O)C1CCCN(C(=O)C(c2ccc(C)cc2)C(C)C)C1. The highest BCUT2D eigenvalue weighted by Gasteiger charge is 2.34. The number of piperidine rings is 1. The molecule has 1 heterocycles. The first kappa shape index (κ1) is 17.5. The maximum Gasteiger partial charge on any atom is 0.310 e. The van der Waals surface area contributed by atoms with Gasteiger partial charge in [-0.05, 0) is 31.2 Å². The average Bonchev–Trinajstić information content (AvgIpc) is 2.55. The van der Waals surface area contributed by atoms with E-state index < -0.39 is 0 Å². The minimum atomic E-state index is -0.209. The highest BCUT2D eigenvalue weighted by atomic mass is 16.5. The lowest BCUT2D eigenvalue weighted by molar-refractivity contribution is -0.149. The van der Waals surface area contributed by atoms with Crippen LogP contribution in [0.2, 0.25) is 0 Å². The van der Waals surface area contributed by atoms with E-state index in [-0.39, 0.29) is 29.6 Å². The predicted octanol–water partition coefficient (Wildman–Crippen LogP) is 3.15. The highest BCUT2D eigenvalue weighted by molar-refractivity contribution is 5.85. The van der Waals surface area contributed by atoms with Crippen molar-refractivity contribution in [2.24, 2.45) is 11.8 Å². The lowest BCUT2D eigenvalue weighted by Crippen LogP contribution is -2.45. The molecule has 23 heavy (non-hydrogen) atoms. The van der Waals surface area contributed by atoms with E-state index in [2.05, 4.69) is 13.8 Å². The maximum absolute atomic E-state index is 13.1. The number of hydrogen-bond donors (Lipinski definition) is 0. The molecule has 1 amide bonds. The summed E-state index contributed by atoms with van der Waals surface area (Å²) in [7, 11) is 1.41. The first-order valence-corrected chi connectivity index (χ1v) is 8.37. The molecule has 1 saturated heterocycles. The number of carbonyl (C=O) groups excluding carboxylic acids is 2. The summed E-state index contributed by atoms with van der Waals surface area (Å²) < 4.78 is 4.85. The van der Waals surface area contributed by atoms with E-state index in [0.29, 0.717) is 6.54 Å². The van der Waals surface area contributed by atoms with Crippen LogP contribution in [0, 0.1) is 18.8 Å². The average molecular weight is 317 g/mol. The Morgan fingerprint density at radius 3 is 2.43 bits per heavy atom. The third-order valence-electron chi connectivity index (χ3n) is 4.64. The van der Waals surface area contributed by atoms with E-state index in [0.717, 1.165) is 24.9 Å². The monoisotopic (exact) mass is 317 g/mol. The molecular weight excluding hydrogens is 290 g/mol. The molecule has 0 N–H and O–H groups in total. The molecule has 2 atom stereocenters. The van der Waals surface area contributed by atoms with Gasteiger partial charge in [-0.3, -0.25) is 9.59 Å². The quantitative estimate of drug-likeness (QED) is 0.802. The number of ether oxygens (including phenoxy) is 1. The van der Waals surface area contributed by atoms with Crippen molar-refractivity contribution in [3.05, 3.63) is 35.4 Å². The normalized spacial score (nSPS) is 19.5. The molecule has 0 aliphatic carbocycles. The molecule has 0 saturated carbocycles. The largest absolute Gasteiger partial charge is 0.469 e. The Morgan fingerprint density at radius 2 is 1.87 bits per heavy atom. The lowest BCUT2D eigenvalue weighted by Gasteiger charge is -2.35. The Balaban J connectivity index is 2.17. The third-order valence-corrected chi connectivity index (χ3v) is 4.64. The standard InChI is InChI=1S/C19H27NO3/c1-13(2)17(15-9-7-14(3)8-10-15)18(21)20-11-5-6-16(12-20)19(22)23-4/h7-10,13,16-17H,5-6,11-12H2,1-4H3. The number of nitrogens with zero attached hydrogens (tertiary/aromatic N) is 1. The summed E-state index contributed by atoms with van der Waals surface area (Å²) in [6.45, 7) is 7.39.